The average Bonchev–Trinajstić information content (AvgIpc) is 2.68. The molecular formula is C20H26N2O5. The highest BCUT2D eigenvalue weighted by molar-refractivity contribution is 5.74. The number of hydrogen-bond acceptors (Lipinski definition) is 5. The molecule has 0 aliphatic carbocycles. The molecule has 2 aromatic rings. The normalized spacial score (nSPS) is 11.3. The van der Waals surface area contributed by atoms with Gasteiger partial charge in [-0.15, -0.1) is 0 Å². The summed E-state index contributed by atoms with van der Waals surface area (Å²) in [6.07, 6.45) is 0. The second-order valence-electron chi connectivity index (χ2n) is 5.68. The SMILES string of the molecule is CCOc1ccc(OCNC(=O)NC(C)c2ccc(OC)c(OC)c2)cc1. The summed E-state index contributed by atoms with van der Waals surface area (Å²) in [5.41, 5.74) is 0.898. The highest BCUT2D eigenvalue weighted by Crippen LogP contribution is 2.29. The van der Waals surface area contributed by atoms with E-state index in [2.05, 4.69) is 10.6 Å². The van der Waals surface area contributed by atoms with E-state index in [1.165, 1.54) is 0 Å². The summed E-state index contributed by atoms with van der Waals surface area (Å²) in [5.74, 6) is 2.68. The Kier molecular flexibility index (Phi) is 7.61. The zero-order chi connectivity index (χ0) is 19.6. The third kappa shape index (κ3) is 5.99. The van der Waals surface area contributed by atoms with Crippen LogP contribution in [0.25, 0.3) is 0 Å². The second kappa shape index (κ2) is 10.2. The Hall–Kier alpha value is -3.09. The van der Waals surface area contributed by atoms with Gasteiger partial charge in [0, 0.05) is 0 Å². The molecule has 0 saturated heterocycles. The van der Waals surface area contributed by atoms with Gasteiger partial charge in [0.25, 0.3) is 0 Å². The lowest BCUT2D eigenvalue weighted by Crippen LogP contribution is -2.38. The minimum absolute atomic E-state index is 0.0540. The molecule has 0 fully saturated rings. The van der Waals surface area contributed by atoms with Gasteiger partial charge in [-0.25, -0.2) is 4.79 Å². The number of ether oxygens (including phenoxy) is 4. The van der Waals surface area contributed by atoms with Crippen molar-refractivity contribution in [1.82, 2.24) is 10.6 Å². The largest absolute Gasteiger partial charge is 0.494 e. The number of carbonyl (C=O) groups excluding carboxylic acids is 1. The number of nitrogens with one attached hydrogen (secondary N) is 2. The van der Waals surface area contributed by atoms with Crippen LogP contribution in [0.3, 0.4) is 0 Å². The first-order valence-corrected chi connectivity index (χ1v) is 8.69. The van der Waals surface area contributed by atoms with Gasteiger partial charge in [0.15, 0.2) is 18.2 Å². The smallest absolute Gasteiger partial charge is 0.317 e. The monoisotopic (exact) mass is 374 g/mol. The first-order valence-electron chi connectivity index (χ1n) is 8.69. The standard InChI is InChI=1S/C20H26N2O5/c1-5-26-16-7-9-17(10-8-16)27-13-21-20(23)22-14(2)15-6-11-18(24-3)19(12-15)25-4/h6-12,14H,5,13H2,1-4H3,(H2,21,22,23). The van der Waals surface area contributed by atoms with Crippen molar-refractivity contribution in [3.63, 3.8) is 0 Å². The molecule has 0 aliphatic heterocycles. The summed E-state index contributed by atoms with van der Waals surface area (Å²) in [5, 5.41) is 5.51. The second-order valence-corrected chi connectivity index (χ2v) is 5.68. The Bertz CT molecular complexity index is 734. The summed E-state index contributed by atoms with van der Waals surface area (Å²) in [4.78, 5) is 12.1. The Labute approximate surface area is 159 Å². The number of benzene rings is 2. The number of hydrogen-bond donors (Lipinski definition) is 2. The van der Waals surface area contributed by atoms with Gasteiger partial charge >= 0.3 is 6.03 Å². The molecule has 0 saturated carbocycles. The summed E-state index contributed by atoms with van der Waals surface area (Å²) in [7, 11) is 3.15. The van der Waals surface area contributed by atoms with E-state index in [-0.39, 0.29) is 18.8 Å². The van der Waals surface area contributed by atoms with Crippen LogP contribution >= 0.6 is 0 Å². The number of rotatable bonds is 9. The summed E-state index contributed by atoms with van der Waals surface area (Å²) < 4.78 is 21.4. The molecule has 2 aromatic carbocycles. The van der Waals surface area contributed by atoms with Crippen LogP contribution in [0.4, 0.5) is 4.79 Å². The van der Waals surface area contributed by atoms with E-state index in [1.807, 2.05) is 38.1 Å². The Morgan fingerprint density at radius 2 is 1.59 bits per heavy atom. The lowest BCUT2D eigenvalue weighted by molar-refractivity contribution is 0.221. The van der Waals surface area contributed by atoms with Gasteiger partial charge in [-0.3, -0.25) is 0 Å². The molecule has 0 aromatic heterocycles. The predicted molar refractivity (Wildman–Crippen MR) is 103 cm³/mol. The first kappa shape index (κ1) is 20.2. The van der Waals surface area contributed by atoms with E-state index in [9.17, 15) is 4.79 Å². The molecule has 7 heteroatoms. The Morgan fingerprint density at radius 3 is 2.19 bits per heavy atom. The summed E-state index contributed by atoms with van der Waals surface area (Å²) >= 11 is 0. The molecule has 7 nitrogen and oxygen atoms in total. The molecule has 0 heterocycles. The van der Waals surface area contributed by atoms with Gasteiger partial charge in [-0.1, -0.05) is 6.07 Å². The maximum atomic E-state index is 12.1. The van der Waals surface area contributed by atoms with Crippen LogP contribution in [-0.2, 0) is 0 Å². The van der Waals surface area contributed by atoms with Crippen LogP contribution < -0.4 is 29.6 Å². The van der Waals surface area contributed by atoms with E-state index in [0.717, 1.165) is 11.3 Å². The predicted octanol–water partition coefficient (Wildman–Crippen LogP) is 3.50. The van der Waals surface area contributed by atoms with E-state index >= 15 is 0 Å². The van der Waals surface area contributed by atoms with Crippen LogP contribution in [0.15, 0.2) is 42.5 Å². The molecule has 1 unspecified atom stereocenters. The van der Waals surface area contributed by atoms with Crippen molar-refractivity contribution >= 4 is 6.03 Å². The van der Waals surface area contributed by atoms with E-state index in [0.29, 0.717) is 23.9 Å². The summed E-state index contributed by atoms with van der Waals surface area (Å²) in [6.45, 7) is 4.47. The summed E-state index contributed by atoms with van der Waals surface area (Å²) in [6, 6.07) is 12.2. The fourth-order valence-corrected chi connectivity index (χ4v) is 2.44. The zero-order valence-corrected chi connectivity index (χ0v) is 16.1. The van der Waals surface area contributed by atoms with Crippen LogP contribution in [0, 0.1) is 0 Å². The highest BCUT2D eigenvalue weighted by Gasteiger charge is 2.12. The molecule has 146 valence electrons. The molecule has 0 bridgehead atoms. The van der Waals surface area contributed by atoms with Gasteiger partial charge < -0.3 is 29.6 Å². The molecule has 0 radical (unpaired) electrons. The van der Waals surface area contributed by atoms with Crippen molar-refractivity contribution in [3.05, 3.63) is 48.0 Å². The Morgan fingerprint density at radius 1 is 0.963 bits per heavy atom. The van der Waals surface area contributed by atoms with Gasteiger partial charge in [0.05, 0.1) is 26.9 Å². The fourth-order valence-electron chi connectivity index (χ4n) is 2.44. The van der Waals surface area contributed by atoms with Crippen LogP contribution in [-0.4, -0.2) is 33.6 Å². The zero-order valence-electron chi connectivity index (χ0n) is 16.1. The van der Waals surface area contributed by atoms with Gasteiger partial charge in [0.1, 0.15) is 11.5 Å². The number of methoxy groups -OCH3 is 2. The third-order valence-corrected chi connectivity index (χ3v) is 3.86. The van der Waals surface area contributed by atoms with Crippen molar-refractivity contribution in [2.24, 2.45) is 0 Å². The van der Waals surface area contributed by atoms with Gasteiger partial charge in [-0.05, 0) is 55.8 Å². The minimum Gasteiger partial charge on any atom is -0.494 e. The van der Waals surface area contributed by atoms with E-state index < -0.39 is 0 Å². The topological polar surface area (TPSA) is 78.1 Å². The molecule has 27 heavy (non-hydrogen) atoms. The number of carbonyl (C=O) groups is 1. The third-order valence-electron chi connectivity index (χ3n) is 3.86. The van der Waals surface area contributed by atoms with Crippen molar-refractivity contribution in [2.45, 2.75) is 19.9 Å². The number of urea groups is 1. The maximum absolute atomic E-state index is 12.1. The van der Waals surface area contributed by atoms with Gasteiger partial charge in [0.2, 0.25) is 0 Å². The maximum Gasteiger partial charge on any atom is 0.317 e. The molecule has 2 amide bonds. The lowest BCUT2D eigenvalue weighted by Gasteiger charge is -2.17. The quantitative estimate of drug-likeness (QED) is 0.657. The molecule has 0 aliphatic rings. The van der Waals surface area contributed by atoms with Crippen LogP contribution in [0.1, 0.15) is 25.5 Å². The number of amides is 2. The van der Waals surface area contributed by atoms with Crippen LogP contribution in [0.5, 0.6) is 23.0 Å². The van der Waals surface area contributed by atoms with Crippen molar-refractivity contribution in [2.75, 3.05) is 27.6 Å². The van der Waals surface area contributed by atoms with Crippen molar-refractivity contribution < 1.29 is 23.7 Å². The lowest BCUT2D eigenvalue weighted by atomic mass is 10.1. The average molecular weight is 374 g/mol. The molecule has 1 atom stereocenters. The van der Waals surface area contributed by atoms with Crippen molar-refractivity contribution in [1.29, 1.82) is 0 Å². The molecular weight excluding hydrogens is 348 g/mol. The van der Waals surface area contributed by atoms with E-state index in [4.69, 9.17) is 18.9 Å². The van der Waals surface area contributed by atoms with Crippen LogP contribution in [0.2, 0.25) is 0 Å². The van der Waals surface area contributed by atoms with E-state index in [1.54, 1.807) is 32.4 Å². The fraction of sp³-hybridized carbons (Fsp3) is 0.350. The minimum atomic E-state index is -0.330. The highest BCUT2D eigenvalue weighted by atomic mass is 16.5. The van der Waals surface area contributed by atoms with Crippen molar-refractivity contribution in [3.8, 4) is 23.0 Å². The van der Waals surface area contributed by atoms with Gasteiger partial charge in [-0.2, -0.15) is 0 Å². The Balaban J connectivity index is 1.81. The first-order chi connectivity index (χ1) is 13.1. The molecule has 2 N–H and O–H groups in total. The molecule has 2 rings (SSSR count). The molecule has 0 spiro atoms.